The van der Waals surface area contributed by atoms with Crippen LogP contribution in [0.1, 0.15) is 24.8 Å². The molecule has 0 radical (unpaired) electrons. The molecule has 0 spiro atoms. The summed E-state index contributed by atoms with van der Waals surface area (Å²) in [6.45, 7) is 2.30. The van der Waals surface area contributed by atoms with E-state index in [0.717, 1.165) is 31.5 Å². The molecule has 2 unspecified atom stereocenters. The largest absolute Gasteiger partial charge is 0.369 e. The van der Waals surface area contributed by atoms with Gasteiger partial charge >= 0.3 is 0 Å². The van der Waals surface area contributed by atoms with Gasteiger partial charge in [0.2, 0.25) is 5.91 Å². The number of carbonyl (C=O) groups excluding carboxylic acids is 1. The monoisotopic (exact) mass is 291 g/mol. The van der Waals surface area contributed by atoms with Gasteiger partial charge in [-0.25, -0.2) is 4.39 Å². The molecule has 3 rings (SSSR count). The third-order valence-corrected chi connectivity index (χ3v) is 4.56. The third kappa shape index (κ3) is 3.02. The lowest BCUT2D eigenvalue weighted by Crippen LogP contribution is -2.54. The Morgan fingerprint density at radius 1 is 1.43 bits per heavy atom. The van der Waals surface area contributed by atoms with Crippen molar-refractivity contribution in [1.29, 1.82) is 0 Å². The molecule has 2 aliphatic heterocycles. The predicted octanol–water partition coefficient (Wildman–Crippen LogP) is 1.65. The van der Waals surface area contributed by atoms with Crippen molar-refractivity contribution in [2.24, 2.45) is 5.92 Å². The van der Waals surface area contributed by atoms with Crippen molar-refractivity contribution in [1.82, 2.24) is 10.6 Å². The van der Waals surface area contributed by atoms with E-state index in [4.69, 9.17) is 0 Å². The molecule has 0 aromatic heterocycles. The van der Waals surface area contributed by atoms with Gasteiger partial charge in [0.05, 0.1) is 5.69 Å². The Hall–Kier alpha value is -1.62. The fraction of sp³-hybridized carbons (Fsp3) is 0.562. The zero-order valence-corrected chi connectivity index (χ0v) is 12.4. The Labute approximate surface area is 124 Å². The van der Waals surface area contributed by atoms with Gasteiger partial charge in [-0.05, 0) is 43.5 Å². The molecule has 2 atom stereocenters. The van der Waals surface area contributed by atoms with E-state index in [-0.39, 0.29) is 17.8 Å². The molecule has 4 nitrogen and oxygen atoms in total. The SMILES string of the molecule is CNCc1ccc(N2CCC3NC(=O)CCC3C2)c(F)c1. The first-order valence-electron chi connectivity index (χ1n) is 7.64. The summed E-state index contributed by atoms with van der Waals surface area (Å²) in [5.41, 5.74) is 1.64. The molecule has 1 aromatic rings. The average molecular weight is 291 g/mol. The molecular weight excluding hydrogens is 269 g/mol. The van der Waals surface area contributed by atoms with Crippen LogP contribution in [0.25, 0.3) is 0 Å². The van der Waals surface area contributed by atoms with Gasteiger partial charge in [-0.2, -0.15) is 0 Å². The normalized spacial score (nSPS) is 25.4. The molecule has 21 heavy (non-hydrogen) atoms. The van der Waals surface area contributed by atoms with Crippen LogP contribution in [0.5, 0.6) is 0 Å². The number of anilines is 1. The van der Waals surface area contributed by atoms with Gasteiger partial charge in [0, 0.05) is 32.1 Å². The number of piperidine rings is 2. The smallest absolute Gasteiger partial charge is 0.220 e. The van der Waals surface area contributed by atoms with E-state index in [0.29, 0.717) is 24.6 Å². The average Bonchev–Trinajstić information content (AvgIpc) is 2.47. The van der Waals surface area contributed by atoms with Crippen molar-refractivity contribution in [2.75, 3.05) is 25.0 Å². The van der Waals surface area contributed by atoms with E-state index in [1.807, 2.05) is 19.2 Å². The number of carbonyl (C=O) groups is 1. The number of nitrogens with zero attached hydrogens (tertiary/aromatic N) is 1. The molecule has 5 heteroatoms. The summed E-state index contributed by atoms with van der Waals surface area (Å²) in [4.78, 5) is 13.6. The van der Waals surface area contributed by atoms with Crippen LogP contribution < -0.4 is 15.5 Å². The first kappa shape index (κ1) is 14.3. The molecular formula is C16H22FN3O. The van der Waals surface area contributed by atoms with Crippen LogP contribution in [0.4, 0.5) is 10.1 Å². The van der Waals surface area contributed by atoms with Crippen LogP contribution >= 0.6 is 0 Å². The van der Waals surface area contributed by atoms with E-state index in [2.05, 4.69) is 15.5 Å². The highest BCUT2D eigenvalue weighted by atomic mass is 19.1. The molecule has 2 heterocycles. The fourth-order valence-electron chi connectivity index (χ4n) is 3.45. The Morgan fingerprint density at radius 2 is 2.29 bits per heavy atom. The summed E-state index contributed by atoms with van der Waals surface area (Å²) >= 11 is 0. The van der Waals surface area contributed by atoms with Crippen molar-refractivity contribution in [2.45, 2.75) is 31.8 Å². The Balaban J connectivity index is 1.72. The van der Waals surface area contributed by atoms with Gasteiger partial charge in [-0.15, -0.1) is 0 Å². The highest BCUT2D eigenvalue weighted by Crippen LogP contribution is 2.30. The first-order valence-corrected chi connectivity index (χ1v) is 7.64. The van der Waals surface area contributed by atoms with Gasteiger partial charge in [-0.3, -0.25) is 4.79 Å². The quantitative estimate of drug-likeness (QED) is 0.890. The third-order valence-electron chi connectivity index (χ3n) is 4.56. The molecule has 2 N–H and O–H groups in total. The highest BCUT2D eigenvalue weighted by molar-refractivity contribution is 5.77. The number of halogens is 1. The maximum absolute atomic E-state index is 14.3. The fourth-order valence-corrected chi connectivity index (χ4v) is 3.45. The lowest BCUT2D eigenvalue weighted by Gasteiger charge is -2.42. The summed E-state index contributed by atoms with van der Waals surface area (Å²) in [5, 5.41) is 6.09. The number of hydrogen-bond acceptors (Lipinski definition) is 3. The van der Waals surface area contributed by atoms with E-state index >= 15 is 0 Å². The number of nitrogens with one attached hydrogen (secondary N) is 2. The number of benzene rings is 1. The summed E-state index contributed by atoms with van der Waals surface area (Å²) in [6.07, 6.45) is 2.40. The number of fused-ring (bicyclic) bond motifs is 1. The van der Waals surface area contributed by atoms with Crippen molar-refractivity contribution >= 4 is 11.6 Å². The van der Waals surface area contributed by atoms with Crippen molar-refractivity contribution in [3.8, 4) is 0 Å². The van der Waals surface area contributed by atoms with E-state index in [9.17, 15) is 9.18 Å². The maximum Gasteiger partial charge on any atom is 0.220 e. The van der Waals surface area contributed by atoms with Crippen LogP contribution in [0, 0.1) is 11.7 Å². The summed E-state index contributed by atoms with van der Waals surface area (Å²) in [6, 6.07) is 5.74. The van der Waals surface area contributed by atoms with Crippen LogP contribution in [0.3, 0.4) is 0 Å². The molecule has 1 aromatic carbocycles. The first-order chi connectivity index (χ1) is 10.2. The maximum atomic E-state index is 14.3. The van der Waals surface area contributed by atoms with Crippen LogP contribution in [-0.2, 0) is 11.3 Å². The standard InChI is InChI=1S/C16H22FN3O/c1-18-9-11-2-4-15(13(17)8-11)20-7-6-14-12(10-20)3-5-16(21)19-14/h2,4,8,12,14,18H,3,5-7,9-10H2,1H3,(H,19,21). The van der Waals surface area contributed by atoms with E-state index < -0.39 is 0 Å². The van der Waals surface area contributed by atoms with Gasteiger partial charge in [0.15, 0.2) is 0 Å². The Bertz CT molecular complexity index is 534. The number of amides is 1. The molecule has 2 saturated heterocycles. The van der Waals surface area contributed by atoms with Crippen LogP contribution in [-0.4, -0.2) is 32.1 Å². The Morgan fingerprint density at radius 3 is 3.05 bits per heavy atom. The van der Waals surface area contributed by atoms with Gasteiger partial charge in [-0.1, -0.05) is 6.07 Å². The lowest BCUT2D eigenvalue weighted by atomic mass is 9.85. The zero-order chi connectivity index (χ0) is 14.8. The molecule has 1 amide bonds. The molecule has 114 valence electrons. The molecule has 2 aliphatic rings. The van der Waals surface area contributed by atoms with E-state index in [1.54, 1.807) is 6.07 Å². The van der Waals surface area contributed by atoms with Crippen LogP contribution in [0.2, 0.25) is 0 Å². The second-order valence-corrected chi connectivity index (χ2v) is 6.02. The molecule has 0 saturated carbocycles. The second kappa shape index (κ2) is 6.02. The molecule has 0 bridgehead atoms. The topological polar surface area (TPSA) is 44.4 Å². The van der Waals surface area contributed by atoms with Gasteiger partial charge in [0.25, 0.3) is 0 Å². The number of hydrogen-bond donors (Lipinski definition) is 2. The van der Waals surface area contributed by atoms with Crippen molar-refractivity contribution < 1.29 is 9.18 Å². The Kier molecular flexibility index (Phi) is 4.10. The minimum Gasteiger partial charge on any atom is -0.369 e. The lowest BCUT2D eigenvalue weighted by molar-refractivity contribution is -0.124. The number of rotatable bonds is 3. The highest BCUT2D eigenvalue weighted by Gasteiger charge is 2.34. The van der Waals surface area contributed by atoms with E-state index in [1.165, 1.54) is 0 Å². The predicted molar refractivity (Wildman–Crippen MR) is 80.6 cm³/mol. The molecule has 2 fully saturated rings. The van der Waals surface area contributed by atoms with Crippen LogP contribution in [0.15, 0.2) is 18.2 Å². The summed E-state index contributed by atoms with van der Waals surface area (Å²) in [7, 11) is 1.86. The minimum atomic E-state index is -0.152. The summed E-state index contributed by atoms with van der Waals surface area (Å²) < 4.78 is 14.3. The van der Waals surface area contributed by atoms with Crippen molar-refractivity contribution in [3.63, 3.8) is 0 Å². The van der Waals surface area contributed by atoms with Gasteiger partial charge < -0.3 is 15.5 Å². The summed E-state index contributed by atoms with van der Waals surface area (Å²) in [5.74, 6) is 0.446. The minimum absolute atomic E-state index is 0.152. The van der Waals surface area contributed by atoms with Crippen molar-refractivity contribution in [3.05, 3.63) is 29.6 Å². The van der Waals surface area contributed by atoms with Gasteiger partial charge in [0.1, 0.15) is 5.82 Å². The molecule has 0 aliphatic carbocycles. The second-order valence-electron chi connectivity index (χ2n) is 6.02. The zero-order valence-electron chi connectivity index (χ0n) is 12.4.